The molecule has 3 heteroatoms. The highest BCUT2D eigenvalue weighted by atomic mass is 16.5. The molecule has 0 aromatic heterocycles. The van der Waals surface area contributed by atoms with Crippen LogP contribution in [-0.2, 0) is 4.74 Å². The van der Waals surface area contributed by atoms with Gasteiger partial charge in [-0.2, -0.15) is 0 Å². The molecule has 1 saturated heterocycles. The van der Waals surface area contributed by atoms with Crippen LogP contribution in [0.3, 0.4) is 0 Å². The van der Waals surface area contributed by atoms with Gasteiger partial charge in [0, 0.05) is 18.9 Å². The molecule has 1 unspecified atom stereocenters. The molecule has 3 nitrogen and oxygen atoms in total. The second-order valence-corrected chi connectivity index (χ2v) is 4.75. The van der Waals surface area contributed by atoms with Crippen LogP contribution in [0.2, 0.25) is 0 Å². The Hall–Kier alpha value is -1.06. The van der Waals surface area contributed by atoms with Gasteiger partial charge in [0.05, 0.1) is 13.2 Å². The van der Waals surface area contributed by atoms with E-state index in [0.717, 1.165) is 38.2 Å². The van der Waals surface area contributed by atoms with Gasteiger partial charge in [0.15, 0.2) is 0 Å². The topological polar surface area (TPSA) is 30.5 Å². The molecule has 1 aliphatic heterocycles. The second kappa shape index (κ2) is 6.76. The van der Waals surface area contributed by atoms with E-state index in [2.05, 4.69) is 30.4 Å². The lowest BCUT2D eigenvalue weighted by molar-refractivity contribution is 0.0255. The van der Waals surface area contributed by atoms with E-state index < -0.39 is 0 Å². The highest BCUT2D eigenvalue weighted by molar-refractivity contribution is 5.30. The summed E-state index contributed by atoms with van der Waals surface area (Å²) in [5.74, 6) is 0.980. The first-order valence-electron chi connectivity index (χ1n) is 6.85. The molecule has 1 atom stereocenters. The average Bonchev–Trinajstić information content (AvgIpc) is 2.42. The van der Waals surface area contributed by atoms with Crippen LogP contribution in [0.15, 0.2) is 24.3 Å². The summed E-state index contributed by atoms with van der Waals surface area (Å²) >= 11 is 0. The van der Waals surface area contributed by atoms with E-state index in [4.69, 9.17) is 9.47 Å². The smallest absolute Gasteiger partial charge is 0.120 e. The first-order chi connectivity index (χ1) is 8.83. The molecule has 1 aromatic rings. The number of rotatable bonds is 5. The zero-order valence-electron chi connectivity index (χ0n) is 11.3. The minimum Gasteiger partial charge on any atom is -0.490 e. The van der Waals surface area contributed by atoms with Gasteiger partial charge in [-0.15, -0.1) is 0 Å². The lowest BCUT2D eigenvalue weighted by atomic mass is 10.0. The van der Waals surface area contributed by atoms with Crippen molar-refractivity contribution in [3.05, 3.63) is 29.8 Å². The summed E-state index contributed by atoms with van der Waals surface area (Å²) in [6.45, 7) is 3.82. The Morgan fingerprint density at radius 2 is 2.17 bits per heavy atom. The van der Waals surface area contributed by atoms with E-state index in [0.29, 0.717) is 12.1 Å². The largest absolute Gasteiger partial charge is 0.490 e. The van der Waals surface area contributed by atoms with E-state index in [1.807, 2.05) is 13.1 Å². The summed E-state index contributed by atoms with van der Waals surface area (Å²) in [6, 6.07) is 8.83. The number of hydrogen-bond donors (Lipinski definition) is 1. The van der Waals surface area contributed by atoms with E-state index in [1.165, 1.54) is 5.56 Å². The SMILES string of the molecule is CCC(NC)c1cccc(OC2CCOCC2)c1. The fourth-order valence-electron chi connectivity index (χ4n) is 2.40. The summed E-state index contributed by atoms with van der Waals surface area (Å²) in [7, 11) is 2.00. The zero-order valence-corrected chi connectivity index (χ0v) is 11.3. The van der Waals surface area contributed by atoms with Gasteiger partial charge in [0.1, 0.15) is 11.9 Å². The Bertz CT molecular complexity index is 357. The van der Waals surface area contributed by atoms with Crippen molar-refractivity contribution in [3.63, 3.8) is 0 Å². The number of benzene rings is 1. The summed E-state index contributed by atoms with van der Waals surface area (Å²) in [6.07, 6.45) is 3.38. The quantitative estimate of drug-likeness (QED) is 0.870. The average molecular weight is 249 g/mol. The molecule has 1 N–H and O–H groups in total. The molecule has 0 aliphatic carbocycles. The highest BCUT2D eigenvalue weighted by Gasteiger charge is 2.15. The standard InChI is InChI=1S/C15H23NO2/c1-3-15(16-2)12-5-4-6-14(11-12)18-13-7-9-17-10-8-13/h4-6,11,13,15-16H,3,7-10H2,1-2H3. The fourth-order valence-corrected chi connectivity index (χ4v) is 2.40. The molecule has 100 valence electrons. The minimum atomic E-state index is 0.309. The van der Waals surface area contributed by atoms with Gasteiger partial charge in [-0.05, 0) is 31.2 Å². The third-order valence-electron chi connectivity index (χ3n) is 3.49. The van der Waals surface area contributed by atoms with Gasteiger partial charge in [0.2, 0.25) is 0 Å². The number of nitrogens with one attached hydrogen (secondary N) is 1. The molecular formula is C15H23NO2. The molecule has 0 saturated carbocycles. The van der Waals surface area contributed by atoms with Crippen molar-refractivity contribution in [1.29, 1.82) is 0 Å². The van der Waals surface area contributed by atoms with Gasteiger partial charge in [-0.25, -0.2) is 0 Å². The van der Waals surface area contributed by atoms with Crippen LogP contribution in [0.4, 0.5) is 0 Å². The van der Waals surface area contributed by atoms with Crippen molar-refractivity contribution in [3.8, 4) is 5.75 Å². The van der Waals surface area contributed by atoms with Crippen LogP contribution >= 0.6 is 0 Å². The van der Waals surface area contributed by atoms with Gasteiger partial charge < -0.3 is 14.8 Å². The molecular weight excluding hydrogens is 226 g/mol. The molecule has 1 heterocycles. The summed E-state index contributed by atoms with van der Waals surface area (Å²) in [5.41, 5.74) is 1.30. The van der Waals surface area contributed by atoms with Gasteiger partial charge in [-0.1, -0.05) is 19.1 Å². The maximum atomic E-state index is 6.03. The summed E-state index contributed by atoms with van der Waals surface area (Å²) < 4.78 is 11.4. The first-order valence-corrected chi connectivity index (χ1v) is 6.85. The van der Waals surface area contributed by atoms with Crippen LogP contribution in [0, 0.1) is 0 Å². The first kappa shape index (κ1) is 13.4. The van der Waals surface area contributed by atoms with Crippen LogP contribution < -0.4 is 10.1 Å². The summed E-state index contributed by atoms with van der Waals surface area (Å²) in [5, 5.41) is 3.32. The van der Waals surface area contributed by atoms with Crippen molar-refractivity contribution < 1.29 is 9.47 Å². The second-order valence-electron chi connectivity index (χ2n) is 4.75. The zero-order chi connectivity index (χ0) is 12.8. The van der Waals surface area contributed by atoms with Crippen LogP contribution in [0.5, 0.6) is 5.75 Å². The lowest BCUT2D eigenvalue weighted by Crippen LogP contribution is -2.26. The molecule has 1 fully saturated rings. The van der Waals surface area contributed by atoms with E-state index in [-0.39, 0.29) is 0 Å². The Kier molecular flexibility index (Phi) is 5.02. The normalized spacial score (nSPS) is 18.6. The van der Waals surface area contributed by atoms with Crippen molar-refractivity contribution in [2.75, 3.05) is 20.3 Å². The monoisotopic (exact) mass is 249 g/mol. The van der Waals surface area contributed by atoms with Crippen molar-refractivity contribution in [2.24, 2.45) is 0 Å². The molecule has 0 bridgehead atoms. The van der Waals surface area contributed by atoms with Crippen LogP contribution in [-0.4, -0.2) is 26.4 Å². The Labute approximate surface area is 109 Å². The van der Waals surface area contributed by atoms with Crippen LogP contribution in [0.1, 0.15) is 37.8 Å². The van der Waals surface area contributed by atoms with Crippen molar-refractivity contribution in [1.82, 2.24) is 5.32 Å². The van der Waals surface area contributed by atoms with Crippen molar-refractivity contribution in [2.45, 2.75) is 38.3 Å². The number of hydrogen-bond acceptors (Lipinski definition) is 3. The Morgan fingerprint density at radius 1 is 1.39 bits per heavy atom. The third kappa shape index (κ3) is 3.47. The van der Waals surface area contributed by atoms with Crippen LogP contribution in [0.25, 0.3) is 0 Å². The van der Waals surface area contributed by atoms with E-state index in [1.54, 1.807) is 0 Å². The molecule has 0 radical (unpaired) electrons. The maximum Gasteiger partial charge on any atom is 0.120 e. The van der Waals surface area contributed by atoms with Gasteiger partial charge in [-0.3, -0.25) is 0 Å². The minimum absolute atomic E-state index is 0.309. The number of ether oxygens (including phenoxy) is 2. The molecule has 18 heavy (non-hydrogen) atoms. The molecule has 1 aromatic carbocycles. The van der Waals surface area contributed by atoms with Gasteiger partial charge in [0.25, 0.3) is 0 Å². The third-order valence-corrected chi connectivity index (χ3v) is 3.49. The Morgan fingerprint density at radius 3 is 2.83 bits per heavy atom. The maximum absolute atomic E-state index is 6.03. The molecule has 0 amide bonds. The van der Waals surface area contributed by atoms with E-state index >= 15 is 0 Å². The van der Waals surface area contributed by atoms with Crippen molar-refractivity contribution >= 4 is 0 Å². The van der Waals surface area contributed by atoms with Gasteiger partial charge >= 0.3 is 0 Å². The summed E-state index contributed by atoms with van der Waals surface area (Å²) in [4.78, 5) is 0. The predicted molar refractivity (Wildman–Crippen MR) is 73.0 cm³/mol. The molecule has 2 rings (SSSR count). The predicted octanol–water partition coefficient (Wildman–Crippen LogP) is 2.91. The highest BCUT2D eigenvalue weighted by Crippen LogP contribution is 2.23. The van der Waals surface area contributed by atoms with E-state index in [9.17, 15) is 0 Å². The Balaban J connectivity index is 2.01. The molecule has 1 aliphatic rings. The lowest BCUT2D eigenvalue weighted by Gasteiger charge is -2.24. The fraction of sp³-hybridized carbons (Fsp3) is 0.600. The molecule has 0 spiro atoms.